The van der Waals surface area contributed by atoms with Gasteiger partial charge < -0.3 is 26.0 Å². The summed E-state index contributed by atoms with van der Waals surface area (Å²) in [7, 11) is 0. The first-order chi connectivity index (χ1) is 18.3. The summed E-state index contributed by atoms with van der Waals surface area (Å²) in [5.41, 5.74) is 9.21. The summed E-state index contributed by atoms with van der Waals surface area (Å²) in [6.45, 7) is 1.95. The zero-order valence-electron chi connectivity index (χ0n) is 20.1. The number of rotatable bonds is 4. The second kappa shape index (κ2) is 10.8. The highest BCUT2D eigenvalue weighted by Gasteiger charge is 2.48. The maximum absolute atomic E-state index is 13.7. The lowest BCUT2D eigenvalue weighted by Crippen LogP contribution is -2.45. The minimum atomic E-state index is -5.08. The van der Waals surface area contributed by atoms with E-state index in [1.165, 1.54) is 0 Å². The normalized spacial score (nSPS) is 19.1. The molecule has 39 heavy (non-hydrogen) atoms. The third kappa shape index (κ3) is 5.39. The van der Waals surface area contributed by atoms with Crippen LogP contribution < -0.4 is 16.4 Å². The van der Waals surface area contributed by atoms with E-state index in [1.807, 2.05) is 18.3 Å². The van der Waals surface area contributed by atoms with Gasteiger partial charge in [-0.2, -0.15) is 13.2 Å². The number of Topliss-reactive ketones (excluding diaryl/α,β-unsaturated/α-hetero) is 2. The first kappa shape index (κ1) is 29.0. The fourth-order valence-electron chi connectivity index (χ4n) is 4.95. The number of fused-ring (bicyclic) bond motifs is 2. The van der Waals surface area contributed by atoms with Crippen LogP contribution in [0, 0.1) is 5.41 Å². The molecule has 0 fully saturated rings. The highest BCUT2D eigenvalue weighted by atomic mass is 79.9. The number of nitrogens with zero attached hydrogens (tertiary/aromatic N) is 2. The number of aromatic nitrogens is 1. The number of carbonyl (C=O) groups excluding carboxylic acids is 3. The van der Waals surface area contributed by atoms with Gasteiger partial charge in [-0.05, 0) is 50.3 Å². The largest absolute Gasteiger partial charge is 0.490 e. The van der Waals surface area contributed by atoms with E-state index in [2.05, 4.69) is 42.5 Å². The molecule has 208 valence electrons. The number of allylic oxidation sites excluding steroid dienone is 6. The van der Waals surface area contributed by atoms with Crippen molar-refractivity contribution in [2.24, 2.45) is 16.1 Å². The van der Waals surface area contributed by atoms with Gasteiger partial charge in [-0.3, -0.25) is 19.4 Å². The average molecular weight is 677 g/mol. The number of aliphatic imine (C=N–C) groups is 1. The Morgan fingerprint density at radius 2 is 1.85 bits per heavy atom. The molecule has 0 saturated carbocycles. The standard InChI is InChI=1S/C22H21Br2N5O3.C2HF3O2/c23-12-7-22(8-13(24)20(12)31)2-5-28-18-16(22)17-15-11(1-4-27-17)9-29(19(15)21(18)32)10-14(30)26-6-3-25;3-2(4,5)1(6)7/h7-9,28H,1-6,10,25H2,(H,26,30);(H,6,7). The van der Waals surface area contributed by atoms with Gasteiger partial charge >= 0.3 is 12.1 Å². The predicted molar refractivity (Wildman–Crippen MR) is 141 cm³/mol. The molecule has 1 amide bonds. The molecule has 1 aromatic heterocycles. The van der Waals surface area contributed by atoms with Crippen LogP contribution in [-0.4, -0.2) is 71.2 Å². The van der Waals surface area contributed by atoms with E-state index >= 15 is 0 Å². The second-order valence-electron chi connectivity index (χ2n) is 9.04. The molecule has 2 aliphatic heterocycles. The van der Waals surface area contributed by atoms with Crippen molar-refractivity contribution < 1.29 is 37.5 Å². The number of carbonyl (C=O) groups is 4. The molecular formula is C24H22Br2F3N5O5. The Balaban J connectivity index is 0.000000448. The van der Waals surface area contributed by atoms with Crippen molar-refractivity contribution in [3.63, 3.8) is 0 Å². The fourth-order valence-corrected chi connectivity index (χ4v) is 6.46. The molecule has 0 aromatic carbocycles. The summed E-state index contributed by atoms with van der Waals surface area (Å²) in [4.78, 5) is 52.2. The van der Waals surface area contributed by atoms with E-state index in [4.69, 9.17) is 20.6 Å². The van der Waals surface area contributed by atoms with Crippen molar-refractivity contribution in [2.75, 3.05) is 26.2 Å². The maximum atomic E-state index is 13.7. The third-order valence-electron chi connectivity index (χ3n) is 6.50. The SMILES string of the molecule is NCCNC(=O)Cn1cc2c3c1C(=O)C1=C(C3=NCC2)C2(C=C(Br)C(=O)C(Br)=C2)CCN1.O=C(O)C(F)(F)F. The van der Waals surface area contributed by atoms with Crippen LogP contribution in [0.3, 0.4) is 0 Å². The molecule has 15 heteroatoms. The van der Waals surface area contributed by atoms with E-state index in [9.17, 15) is 27.6 Å². The molecule has 0 unspecified atom stereocenters. The van der Waals surface area contributed by atoms with Gasteiger partial charge in [-0.25, -0.2) is 4.79 Å². The molecule has 5 N–H and O–H groups in total. The molecule has 10 nitrogen and oxygen atoms in total. The van der Waals surface area contributed by atoms with Crippen LogP contribution in [0.2, 0.25) is 0 Å². The van der Waals surface area contributed by atoms with E-state index < -0.39 is 17.6 Å². The number of aliphatic carboxylic acids is 1. The topological polar surface area (TPSA) is 156 Å². The molecule has 0 atom stereocenters. The summed E-state index contributed by atoms with van der Waals surface area (Å²) in [5.74, 6) is -3.23. The van der Waals surface area contributed by atoms with Crippen LogP contribution in [0.25, 0.3) is 0 Å². The molecule has 3 heterocycles. The summed E-state index contributed by atoms with van der Waals surface area (Å²) in [6, 6.07) is 0. The molecule has 2 aliphatic carbocycles. The third-order valence-corrected chi connectivity index (χ3v) is 7.68. The molecule has 1 spiro atoms. The van der Waals surface area contributed by atoms with E-state index in [-0.39, 0.29) is 24.0 Å². The Morgan fingerprint density at radius 1 is 1.21 bits per heavy atom. The Morgan fingerprint density at radius 3 is 2.44 bits per heavy atom. The predicted octanol–water partition coefficient (Wildman–Crippen LogP) is 2.11. The van der Waals surface area contributed by atoms with Crippen molar-refractivity contribution in [1.29, 1.82) is 0 Å². The van der Waals surface area contributed by atoms with Crippen LogP contribution in [0.1, 0.15) is 28.0 Å². The van der Waals surface area contributed by atoms with E-state index in [0.29, 0.717) is 59.4 Å². The molecule has 0 bridgehead atoms. The van der Waals surface area contributed by atoms with Crippen LogP contribution >= 0.6 is 31.9 Å². The minimum Gasteiger partial charge on any atom is -0.475 e. The molecule has 0 saturated heterocycles. The molecule has 5 rings (SSSR count). The minimum absolute atomic E-state index is 0.0422. The Labute approximate surface area is 236 Å². The Hall–Kier alpha value is -3.04. The first-order valence-corrected chi connectivity index (χ1v) is 13.3. The van der Waals surface area contributed by atoms with Gasteiger partial charge in [0.2, 0.25) is 17.5 Å². The molecule has 0 radical (unpaired) electrons. The number of nitrogens with one attached hydrogen (secondary N) is 2. The highest BCUT2D eigenvalue weighted by Crippen LogP contribution is 2.49. The van der Waals surface area contributed by atoms with Gasteiger partial charge in [0.1, 0.15) is 12.2 Å². The number of carboxylic acid groups (broad SMARTS) is 1. The lowest BCUT2D eigenvalue weighted by molar-refractivity contribution is -0.192. The number of alkyl halides is 3. The van der Waals surface area contributed by atoms with Crippen molar-refractivity contribution in [3.05, 3.63) is 55.4 Å². The van der Waals surface area contributed by atoms with Crippen LogP contribution in [-0.2, 0) is 27.3 Å². The maximum Gasteiger partial charge on any atom is 0.490 e. The lowest BCUT2D eigenvalue weighted by Gasteiger charge is -2.41. The van der Waals surface area contributed by atoms with Gasteiger partial charge in [0.15, 0.2) is 0 Å². The van der Waals surface area contributed by atoms with Crippen molar-refractivity contribution in [1.82, 2.24) is 15.2 Å². The van der Waals surface area contributed by atoms with Crippen molar-refractivity contribution in [2.45, 2.75) is 25.6 Å². The summed E-state index contributed by atoms with van der Waals surface area (Å²) in [6.07, 6.45) is 1.98. The number of halogens is 5. The summed E-state index contributed by atoms with van der Waals surface area (Å²) < 4.78 is 34.4. The molecule has 4 aliphatic rings. The van der Waals surface area contributed by atoms with Gasteiger partial charge in [0.05, 0.1) is 20.4 Å². The monoisotopic (exact) mass is 675 g/mol. The molecule has 1 aromatic rings. The summed E-state index contributed by atoms with van der Waals surface area (Å²) >= 11 is 6.81. The summed E-state index contributed by atoms with van der Waals surface area (Å²) in [5, 5.41) is 13.2. The van der Waals surface area contributed by atoms with Crippen LogP contribution in [0.15, 0.2) is 43.6 Å². The number of amides is 1. The van der Waals surface area contributed by atoms with Crippen molar-refractivity contribution in [3.8, 4) is 0 Å². The average Bonchev–Trinajstić information content (AvgIpc) is 3.23. The van der Waals surface area contributed by atoms with Crippen LogP contribution in [0.4, 0.5) is 13.2 Å². The number of hydrogen-bond acceptors (Lipinski definition) is 7. The van der Waals surface area contributed by atoms with Gasteiger partial charge in [0.25, 0.3) is 0 Å². The smallest absolute Gasteiger partial charge is 0.475 e. The number of carboxylic acids is 1. The van der Waals surface area contributed by atoms with Crippen molar-refractivity contribution >= 4 is 61.0 Å². The fraction of sp³-hybridized carbons (Fsp3) is 0.375. The van der Waals surface area contributed by atoms with Gasteiger partial charge in [0, 0.05) is 48.9 Å². The highest BCUT2D eigenvalue weighted by molar-refractivity contribution is 9.13. The Bertz CT molecular complexity index is 1390. The Kier molecular flexibility index (Phi) is 8.06. The van der Waals surface area contributed by atoms with E-state index in [1.54, 1.807) is 4.57 Å². The van der Waals surface area contributed by atoms with Gasteiger partial charge in [-0.15, -0.1) is 0 Å². The van der Waals surface area contributed by atoms with E-state index in [0.717, 1.165) is 22.4 Å². The zero-order chi connectivity index (χ0) is 28.7. The molecular weight excluding hydrogens is 655 g/mol. The number of ketones is 2. The number of nitrogens with two attached hydrogens (primary N) is 1. The first-order valence-electron chi connectivity index (χ1n) is 11.7. The van der Waals surface area contributed by atoms with Gasteiger partial charge in [-0.1, -0.05) is 12.2 Å². The number of hydrogen-bond donors (Lipinski definition) is 4. The zero-order valence-corrected chi connectivity index (χ0v) is 23.3. The van der Waals surface area contributed by atoms with Crippen LogP contribution in [0.5, 0.6) is 0 Å². The lowest BCUT2D eigenvalue weighted by atomic mass is 9.66. The second-order valence-corrected chi connectivity index (χ2v) is 10.7. The quantitative estimate of drug-likeness (QED) is 0.381.